The van der Waals surface area contributed by atoms with Crippen LogP contribution in [0.15, 0.2) is 42.5 Å². The van der Waals surface area contributed by atoms with Crippen molar-refractivity contribution in [1.82, 2.24) is 10.2 Å². The molecule has 1 amide bonds. The number of hydrogen-bond donors (Lipinski definition) is 1. The smallest absolute Gasteiger partial charge is 0.253 e. The molecule has 0 unspecified atom stereocenters. The fourth-order valence-electron chi connectivity index (χ4n) is 2.87. The SMILES string of the molecule is CCc1ccc(CN(C)C(=O)c2ccc3c(c2)CNC3)cc1.Cl. The van der Waals surface area contributed by atoms with E-state index in [2.05, 4.69) is 42.6 Å². The zero-order valence-electron chi connectivity index (χ0n) is 13.6. The lowest BCUT2D eigenvalue weighted by Crippen LogP contribution is -2.26. The Morgan fingerprint density at radius 3 is 2.39 bits per heavy atom. The number of hydrogen-bond acceptors (Lipinski definition) is 2. The predicted molar refractivity (Wildman–Crippen MR) is 95.9 cm³/mol. The number of halogens is 1. The van der Waals surface area contributed by atoms with Gasteiger partial charge in [-0.05, 0) is 40.8 Å². The van der Waals surface area contributed by atoms with Crippen LogP contribution >= 0.6 is 12.4 Å². The van der Waals surface area contributed by atoms with E-state index in [1.54, 1.807) is 4.90 Å². The second-order valence-corrected chi connectivity index (χ2v) is 5.92. The van der Waals surface area contributed by atoms with E-state index < -0.39 is 0 Å². The summed E-state index contributed by atoms with van der Waals surface area (Å²) in [5, 5.41) is 3.31. The summed E-state index contributed by atoms with van der Waals surface area (Å²) in [4.78, 5) is 14.4. The van der Waals surface area contributed by atoms with Gasteiger partial charge in [0.25, 0.3) is 5.91 Å². The normalized spacial score (nSPS) is 12.4. The molecule has 0 saturated carbocycles. The van der Waals surface area contributed by atoms with Crippen LogP contribution in [0, 0.1) is 0 Å². The van der Waals surface area contributed by atoms with E-state index >= 15 is 0 Å². The average Bonchev–Trinajstić information content (AvgIpc) is 3.02. The van der Waals surface area contributed by atoms with E-state index in [1.807, 2.05) is 19.2 Å². The zero-order valence-corrected chi connectivity index (χ0v) is 14.5. The van der Waals surface area contributed by atoms with Gasteiger partial charge in [-0.2, -0.15) is 0 Å². The number of carbonyl (C=O) groups excluding carboxylic acids is 1. The molecule has 2 aromatic rings. The molecule has 3 nitrogen and oxygen atoms in total. The summed E-state index contributed by atoms with van der Waals surface area (Å²) in [6.45, 7) is 4.55. The van der Waals surface area contributed by atoms with Gasteiger partial charge in [-0.25, -0.2) is 0 Å². The van der Waals surface area contributed by atoms with Gasteiger partial charge in [-0.15, -0.1) is 12.4 Å². The van der Waals surface area contributed by atoms with Crippen LogP contribution in [-0.2, 0) is 26.1 Å². The second-order valence-electron chi connectivity index (χ2n) is 5.92. The third-order valence-corrected chi connectivity index (χ3v) is 4.28. The summed E-state index contributed by atoms with van der Waals surface area (Å²) in [6, 6.07) is 14.5. The molecule has 23 heavy (non-hydrogen) atoms. The lowest BCUT2D eigenvalue weighted by Gasteiger charge is -2.18. The third kappa shape index (κ3) is 3.92. The molecular weight excluding hydrogens is 308 g/mol. The Morgan fingerprint density at radius 2 is 1.70 bits per heavy atom. The first-order chi connectivity index (χ1) is 10.7. The van der Waals surface area contributed by atoms with Crippen molar-refractivity contribution in [2.75, 3.05) is 7.05 Å². The Hall–Kier alpha value is -1.84. The molecule has 0 aliphatic carbocycles. The topological polar surface area (TPSA) is 32.3 Å². The van der Waals surface area contributed by atoms with Gasteiger partial charge >= 0.3 is 0 Å². The maximum atomic E-state index is 12.6. The number of benzene rings is 2. The molecule has 122 valence electrons. The zero-order chi connectivity index (χ0) is 15.5. The number of nitrogens with zero attached hydrogens (tertiary/aromatic N) is 1. The summed E-state index contributed by atoms with van der Waals surface area (Å²) >= 11 is 0. The van der Waals surface area contributed by atoms with Gasteiger partial charge in [0.05, 0.1) is 0 Å². The van der Waals surface area contributed by atoms with Crippen LogP contribution in [0.5, 0.6) is 0 Å². The molecule has 1 aliphatic heterocycles. The average molecular weight is 331 g/mol. The molecule has 0 radical (unpaired) electrons. The molecule has 0 spiro atoms. The number of amides is 1. The van der Waals surface area contributed by atoms with Crippen LogP contribution in [0.25, 0.3) is 0 Å². The first-order valence-corrected chi connectivity index (χ1v) is 7.83. The minimum Gasteiger partial charge on any atom is -0.337 e. The molecule has 2 aromatic carbocycles. The Balaban J connectivity index is 0.00000192. The van der Waals surface area contributed by atoms with Crippen molar-refractivity contribution in [1.29, 1.82) is 0 Å². The monoisotopic (exact) mass is 330 g/mol. The van der Waals surface area contributed by atoms with Crippen molar-refractivity contribution in [2.45, 2.75) is 33.0 Å². The fraction of sp³-hybridized carbons (Fsp3) is 0.316. The van der Waals surface area contributed by atoms with E-state index in [0.29, 0.717) is 6.54 Å². The van der Waals surface area contributed by atoms with E-state index in [4.69, 9.17) is 0 Å². The first-order valence-electron chi connectivity index (χ1n) is 7.83. The van der Waals surface area contributed by atoms with Crippen molar-refractivity contribution in [2.24, 2.45) is 0 Å². The lowest BCUT2D eigenvalue weighted by molar-refractivity contribution is 0.0785. The summed E-state index contributed by atoms with van der Waals surface area (Å²) in [5.41, 5.74) is 5.80. The van der Waals surface area contributed by atoms with Gasteiger partial charge in [-0.1, -0.05) is 37.3 Å². The van der Waals surface area contributed by atoms with Crippen molar-refractivity contribution in [3.63, 3.8) is 0 Å². The lowest BCUT2D eigenvalue weighted by atomic mass is 10.1. The third-order valence-electron chi connectivity index (χ3n) is 4.28. The summed E-state index contributed by atoms with van der Waals surface area (Å²) in [5.74, 6) is 0.0780. The number of aryl methyl sites for hydroxylation is 1. The molecule has 1 aliphatic rings. The van der Waals surface area contributed by atoms with Crippen molar-refractivity contribution >= 4 is 18.3 Å². The van der Waals surface area contributed by atoms with Crippen molar-refractivity contribution in [3.05, 3.63) is 70.3 Å². The highest BCUT2D eigenvalue weighted by molar-refractivity contribution is 5.94. The quantitative estimate of drug-likeness (QED) is 0.930. The Bertz CT molecular complexity index is 682. The van der Waals surface area contributed by atoms with Crippen LogP contribution < -0.4 is 5.32 Å². The van der Waals surface area contributed by atoms with Crippen LogP contribution in [0.3, 0.4) is 0 Å². The fourth-order valence-corrected chi connectivity index (χ4v) is 2.87. The van der Waals surface area contributed by atoms with Crippen LogP contribution in [0.1, 0.15) is 39.5 Å². The van der Waals surface area contributed by atoms with E-state index in [1.165, 1.54) is 16.7 Å². The Kier molecular flexibility index (Phi) is 5.80. The largest absolute Gasteiger partial charge is 0.337 e. The van der Waals surface area contributed by atoms with Gasteiger partial charge < -0.3 is 10.2 Å². The van der Waals surface area contributed by atoms with Gasteiger partial charge in [0.1, 0.15) is 0 Å². The number of fused-ring (bicyclic) bond motifs is 1. The standard InChI is InChI=1S/C19H22N2O.ClH/c1-3-14-4-6-15(7-5-14)13-21(2)19(22)16-8-9-17-11-20-12-18(17)10-16;/h4-10,20H,3,11-13H2,1-2H3;1H. The molecule has 3 rings (SSSR count). The van der Waals surface area contributed by atoms with Gasteiger partial charge in [0, 0.05) is 32.2 Å². The Morgan fingerprint density at radius 1 is 1.04 bits per heavy atom. The van der Waals surface area contributed by atoms with E-state index in [0.717, 1.165) is 30.6 Å². The van der Waals surface area contributed by atoms with Gasteiger partial charge in [0.2, 0.25) is 0 Å². The molecule has 0 bridgehead atoms. The van der Waals surface area contributed by atoms with Crippen molar-refractivity contribution in [3.8, 4) is 0 Å². The molecule has 4 heteroatoms. The van der Waals surface area contributed by atoms with Crippen LogP contribution in [-0.4, -0.2) is 17.9 Å². The van der Waals surface area contributed by atoms with E-state index in [9.17, 15) is 4.79 Å². The highest BCUT2D eigenvalue weighted by Crippen LogP contribution is 2.18. The summed E-state index contributed by atoms with van der Waals surface area (Å²) in [6.07, 6.45) is 1.04. The van der Waals surface area contributed by atoms with Gasteiger partial charge in [-0.3, -0.25) is 4.79 Å². The predicted octanol–water partition coefficient (Wildman–Crippen LogP) is 3.55. The minimum absolute atomic E-state index is 0. The molecule has 1 N–H and O–H groups in total. The Labute approximate surface area is 144 Å². The maximum absolute atomic E-state index is 12.6. The molecule has 0 aromatic heterocycles. The second kappa shape index (κ2) is 7.62. The molecular formula is C19H23ClN2O. The number of nitrogens with one attached hydrogen (secondary N) is 1. The number of rotatable bonds is 4. The van der Waals surface area contributed by atoms with Crippen LogP contribution in [0.4, 0.5) is 0 Å². The highest BCUT2D eigenvalue weighted by Gasteiger charge is 2.16. The summed E-state index contributed by atoms with van der Waals surface area (Å²) < 4.78 is 0. The summed E-state index contributed by atoms with van der Waals surface area (Å²) in [7, 11) is 1.86. The first kappa shape index (κ1) is 17.5. The number of carbonyl (C=O) groups is 1. The molecule has 0 atom stereocenters. The van der Waals surface area contributed by atoms with Crippen LogP contribution in [0.2, 0.25) is 0 Å². The van der Waals surface area contributed by atoms with Gasteiger partial charge in [0.15, 0.2) is 0 Å². The molecule has 0 saturated heterocycles. The van der Waals surface area contributed by atoms with E-state index in [-0.39, 0.29) is 18.3 Å². The molecule has 1 heterocycles. The maximum Gasteiger partial charge on any atom is 0.253 e. The highest BCUT2D eigenvalue weighted by atomic mass is 35.5. The van der Waals surface area contributed by atoms with Crippen molar-refractivity contribution < 1.29 is 4.79 Å². The molecule has 0 fully saturated rings. The minimum atomic E-state index is 0.